The van der Waals surface area contributed by atoms with E-state index in [9.17, 15) is 40.4 Å². The lowest BCUT2D eigenvalue weighted by Crippen LogP contribution is -2.61. The lowest BCUT2D eigenvalue weighted by molar-refractivity contribution is -0.284. The Bertz CT molecular complexity index is 998. The Hall–Kier alpha value is -1.88. The number of aryl methyl sites for hydroxylation is 1. The Morgan fingerprint density at radius 1 is 1.11 bits per heavy atom. The third kappa shape index (κ3) is 5.60. The molecular formula is C18H23ClF5N5O5S. The van der Waals surface area contributed by atoms with Crippen LogP contribution < -0.4 is 4.90 Å². The SMILES string of the molecule is O=C(N(O)Cl)C1(S(=O)(=O)N2CCN(c3cnc(CCC(F)(F)C(F)(F)F)cn3)CC2)CCOCC1. The summed E-state index contributed by atoms with van der Waals surface area (Å²) in [6, 6.07) is 0. The van der Waals surface area contributed by atoms with Gasteiger partial charge in [0.2, 0.25) is 10.0 Å². The van der Waals surface area contributed by atoms with Gasteiger partial charge in [0.05, 0.1) is 18.1 Å². The second-order valence-corrected chi connectivity index (χ2v) is 10.7. The van der Waals surface area contributed by atoms with Crippen molar-refractivity contribution in [2.24, 2.45) is 0 Å². The first-order valence-electron chi connectivity index (χ1n) is 10.5. The lowest BCUT2D eigenvalue weighted by Gasteiger charge is -2.42. The van der Waals surface area contributed by atoms with Crippen LogP contribution in [0, 0.1) is 0 Å². The van der Waals surface area contributed by atoms with Gasteiger partial charge in [0.15, 0.2) is 4.75 Å². The number of carbonyl (C=O) groups excluding carboxylic acids is 1. The van der Waals surface area contributed by atoms with Crippen LogP contribution >= 0.6 is 11.8 Å². The summed E-state index contributed by atoms with van der Waals surface area (Å²) in [5.41, 5.74) is -0.0477. The number of carbonyl (C=O) groups is 1. The molecule has 1 amide bonds. The number of aromatic nitrogens is 2. The molecule has 0 spiro atoms. The van der Waals surface area contributed by atoms with E-state index < -0.39 is 45.6 Å². The number of piperazine rings is 1. The van der Waals surface area contributed by atoms with E-state index in [4.69, 9.17) is 16.5 Å². The van der Waals surface area contributed by atoms with Crippen molar-refractivity contribution in [3.8, 4) is 0 Å². The van der Waals surface area contributed by atoms with Gasteiger partial charge in [-0.15, -0.1) is 4.58 Å². The quantitative estimate of drug-likeness (QED) is 0.237. The molecule has 0 atom stereocenters. The summed E-state index contributed by atoms with van der Waals surface area (Å²) in [6.07, 6.45) is -5.79. The van der Waals surface area contributed by atoms with E-state index in [1.807, 2.05) is 0 Å². The van der Waals surface area contributed by atoms with Gasteiger partial charge < -0.3 is 9.64 Å². The molecule has 0 radical (unpaired) electrons. The zero-order chi connectivity index (χ0) is 26.1. The van der Waals surface area contributed by atoms with Crippen molar-refractivity contribution in [1.29, 1.82) is 0 Å². The number of halogens is 6. The predicted molar refractivity (Wildman–Crippen MR) is 111 cm³/mol. The topological polar surface area (TPSA) is 116 Å². The molecule has 10 nitrogen and oxygen atoms in total. The van der Waals surface area contributed by atoms with Crippen LogP contribution in [0.5, 0.6) is 0 Å². The van der Waals surface area contributed by atoms with Gasteiger partial charge in [0.25, 0.3) is 5.91 Å². The Morgan fingerprint density at radius 2 is 1.71 bits per heavy atom. The second kappa shape index (κ2) is 10.2. The number of nitrogens with zero attached hydrogens (tertiary/aromatic N) is 5. The fraction of sp³-hybridized carbons (Fsp3) is 0.722. The summed E-state index contributed by atoms with van der Waals surface area (Å²) in [4.78, 5) is 22.1. The highest BCUT2D eigenvalue weighted by atomic mass is 35.5. The number of hydrogen-bond donors (Lipinski definition) is 1. The normalized spacial score (nSPS) is 20.0. The number of hydroxylamine groups is 1. The third-order valence-corrected chi connectivity index (χ3v) is 8.82. The lowest BCUT2D eigenvalue weighted by atomic mass is 9.98. The number of rotatable bonds is 7. The van der Waals surface area contributed by atoms with E-state index in [-0.39, 0.29) is 68.3 Å². The van der Waals surface area contributed by atoms with Gasteiger partial charge in [-0.05, 0) is 6.42 Å². The Labute approximate surface area is 202 Å². The summed E-state index contributed by atoms with van der Waals surface area (Å²) in [6.45, 7) is 0.202. The summed E-state index contributed by atoms with van der Waals surface area (Å²) in [7, 11) is -4.24. The Morgan fingerprint density at radius 3 is 2.20 bits per heavy atom. The fourth-order valence-corrected chi connectivity index (χ4v) is 6.26. The summed E-state index contributed by atoms with van der Waals surface area (Å²) in [5.74, 6) is -5.72. The first-order chi connectivity index (χ1) is 16.2. The molecular weight excluding hydrogens is 529 g/mol. The molecule has 35 heavy (non-hydrogen) atoms. The maximum atomic E-state index is 13.4. The smallest absolute Gasteiger partial charge is 0.381 e. The zero-order valence-corrected chi connectivity index (χ0v) is 19.8. The van der Waals surface area contributed by atoms with Gasteiger partial charge in [-0.2, -0.15) is 26.3 Å². The number of sulfonamides is 1. The average Bonchev–Trinajstić information content (AvgIpc) is 2.82. The molecule has 2 aliphatic heterocycles. The number of amides is 1. The second-order valence-electron chi connectivity index (χ2n) is 8.13. The average molecular weight is 552 g/mol. The van der Waals surface area contributed by atoms with Crippen molar-refractivity contribution >= 4 is 33.5 Å². The molecule has 1 N–H and O–H groups in total. The van der Waals surface area contributed by atoms with Crippen molar-refractivity contribution in [3.63, 3.8) is 0 Å². The molecule has 1 aromatic rings. The van der Waals surface area contributed by atoms with E-state index in [1.165, 1.54) is 6.20 Å². The minimum atomic E-state index is -5.65. The molecule has 0 unspecified atom stereocenters. The van der Waals surface area contributed by atoms with Crippen molar-refractivity contribution in [3.05, 3.63) is 18.1 Å². The van der Waals surface area contributed by atoms with Gasteiger partial charge in [-0.1, -0.05) is 0 Å². The largest absolute Gasteiger partial charge is 0.453 e. The fourth-order valence-electron chi connectivity index (χ4n) is 3.92. The standard InChI is InChI=1S/C18H23ClF5N5O5S/c19-29(31)15(30)16(3-9-34-10-4-16)35(32,33)28-7-5-27(6-8-28)14-12-25-13(11-26-14)1-2-17(20,21)18(22,23)24/h11-12,31H,1-10H2. The molecule has 1 aromatic heterocycles. The highest BCUT2D eigenvalue weighted by Crippen LogP contribution is 2.39. The predicted octanol–water partition coefficient (Wildman–Crippen LogP) is 1.98. The number of anilines is 1. The first kappa shape index (κ1) is 27.7. The van der Waals surface area contributed by atoms with Crippen LogP contribution in [0.4, 0.5) is 27.8 Å². The van der Waals surface area contributed by atoms with E-state index in [2.05, 4.69) is 9.97 Å². The zero-order valence-electron chi connectivity index (χ0n) is 18.2. The summed E-state index contributed by atoms with van der Waals surface area (Å²) < 4.78 is 93.9. The molecule has 0 aliphatic carbocycles. The summed E-state index contributed by atoms with van der Waals surface area (Å²) in [5, 5.41) is 9.44. The van der Waals surface area contributed by atoms with Crippen LogP contribution in [-0.4, -0.2) is 94.6 Å². The van der Waals surface area contributed by atoms with E-state index >= 15 is 0 Å². The van der Waals surface area contributed by atoms with Crippen LogP contribution in [0.1, 0.15) is 25.0 Å². The van der Waals surface area contributed by atoms with Crippen molar-refractivity contribution in [2.45, 2.75) is 42.5 Å². The number of alkyl halides is 5. The van der Waals surface area contributed by atoms with E-state index in [1.54, 1.807) is 4.90 Å². The van der Waals surface area contributed by atoms with Gasteiger partial charge in [-0.3, -0.25) is 15.0 Å². The van der Waals surface area contributed by atoms with E-state index in [0.717, 1.165) is 10.5 Å². The highest BCUT2D eigenvalue weighted by Gasteiger charge is 2.57. The first-order valence-corrected chi connectivity index (χ1v) is 12.3. The van der Waals surface area contributed by atoms with Crippen LogP contribution in [-0.2, 0) is 26.0 Å². The molecule has 2 fully saturated rings. The van der Waals surface area contributed by atoms with Crippen LogP contribution in [0.15, 0.2) is 12.4 Å². The minimum Gasteiger partial charge on any atom is -0.381 e. The monoisotopic (exact) mass is 551 g/mol. The molecule has 0 saturated carbocycles. The molecule has 2 saturated heterocycles. The number of hydrogen-bond acceptors (Lipinski definition) is 8. The van der Waals surface area contributed by atoms with Crippen LogP contribution in [0.3, 0.4) is 0 Å². The molecule has 3 heterocycles. The maximum Gasteiger partial charge on any atom is 0.453 e. The van der Waals surface area contributed by atoms with Crippen molar-refractivity contribution in [2.75, 3.05) is 44.3 Å². The molecule has 0 aromatic carbocycles. The molecule has 17 heteroatoms. The van der Waals surface area contributed by atoms with Gasteiger partial charge in [0, 0.05) is 70.4 Å². The molecule has 2 aliphatic rings. The van der Waals surface area contributed by atoms with Gasteiger partial charge >= 0.3 is 12.1 Å². The third-order valence-electron chi connectivity index (χ3n) is 6.06. The summed E-state index contributed by atoms with van der Waals surface area (Å²) >= 11 is 5.38. The minimum absolute atomic E-state index is 0.00744. The highest BCUT2D eigenvalue weighted by molar-refractivity contribution is 7.91. The van der Waals surface area contributed by atoms with Gasteiger partial charge in [-0.25, -0.2) is 13.4 Å². The van der Waals surface area contributed by atoms with Crippen LogP contribution in [0.25, 0.3) is 0 Å². The van der Waals surface area contributed by atoms with Crippen molar-refractivity contribution < 1.29 is 45.1 Å². The molecule has 0 bridgehead atoms. The maximum absolute atomic E-state index is 13.4. The van der Waals surface area contributed by atoms with Crippen molar-refractivity contribution in [1.82, 2.24) is 18.9 Å². The Balaban J connectivity index is 1.64. The van der Waals surface area contributed by atoms with Gasteiger partial charge in [0.1, 0.15) is 5.82 Å². The Kier molecular flexibility index (Phi) is 8.10. The molecule has 198 valence electrons. The molecule has 3 rings (SSSR count). The van der Waals surface area contributed by atoms with E-state index in [0.29, 0.717) is 0 Å². The van der Waals surface area contributed by atoms with Crippen LogP contribution in [0.2, 0.25) is 0 Å². The number of ether oxygens (including phenoxy) is 1.